The van der Waals surface area contributed by atoms with E-state index < -0.39 is 0 Å². The number of ether oxygens (including phenoxy) is 1. The van der Waals surface area contributed by atoms with E-state index in [1.807, 2.05) is 36.4 Å². The molecule has 2 aromatic carbocycles. The van der Waals surface area contributed by atoms with E-state index in [2.05, 4.69) is 0 Å². The lowest BCUT2D eigenvalue weighted by Gasteiger charge is -2.07. The fraction of sp³-hybridized carbons (Fsp3) is 0.0769. The summed E-state index contributed by atoms with van der Waals surface area (Å²) in [5.41, 5.74) is 13.5. The van der Waals surface area contributed by atoms with Crippen LogP contribution < -0.4 is 16.2 Å². The third kappa shape index (κ3) is 2.45. The molecule has 0 aliphatic rings. The van der Waals surface area contributed by atoms with Crippen molar-refractivity contribution < 1.29 is 4.74 Å². The third-order valence-corrected chi connectivity index (χ3v) is 2.31. The zero-order valence-electron chi connectivity index (χ0n) is 8.89. The summed E-state index contributed by atoms with van der Waals surface area (Å²) in [6.45, 7) is 0.532. The molecule has 3 nitrogen and oxygen atoms in total. The van der Waals surface area contributed by atoms with Gasteiger partial charge in [-0.25, -0.2) is 0 Å². The topological polar surface area (TPSA) is 61.3 Å². The minimum atomic E-state index is 0.532. The zero-order valence-corrected chi connectivity index (χ0v) is 8.89. The van der Waals surface area contributed by atoms with Gasteiger partial charge in [0.1, 0.15) is 12.4 Å². The smallest absolute Gasteiger partial charge is 0.122 e. The first kappa shape index (κ1) is 10.4. The van der Waals surface area contributed by atoms with E-state index >= 15 is 0 Å². The molecule has 0 saturated heterocycles. The van der Waals surface area contributed by atoms with Gasteiger partial charge in [-0.1, -0.05) is 30.3 Å². The van der Waals surface area contributed by atoms with Crippen LogP contribution in [0.2, 0.25) is 0 Å². The third-order valence-electron chi connectivity index (χ3n) is 2.31. The Kier molecular flexibility index (Phi) is 2.96. The monoisotopic (exact) mass is 214 g/mol. The maximum Gasteiger partial charge on any atom is 0.122 e. The van der Waals surface area contributed by atoms with Crippen LogP contribution in [0.25, 0.3) is 0 Å². The highest BCUT2D eigenvalue weighted by molar-refractivity contribution is 5.65. The number of benzene rings is 2. The van der Waals surface area contributed by atoms with Gasteiger partial charge < -0.3 is 16.2 Å². The molecule has 0 saturated carbocycles. The van der Waals surface area contributed by atoms with Gasteiger partial charge in [-0.05, 0) is 17.7 Å². The summed E-state index contributed by atoms with van der Waals surface area (Å²) < 4.78 is 5.59. The first-order valence-electron chi connectivity index (χ1n) is 5.07. The average Bonchev–Trinajstić information content (AvgIpc) is 2.32. The second-order valence-electron chi connectivity index (χ2n) is 3.56. The molecule has 16 heavy (non-hydrogen) atoms. The normalized spacial score (nSPS) is 10.0. The van der Waals surface area contributed by atoms with Crippen LogP contribution in [0.1, 0.15) is 5.56 Å². The fourth-order valence-electron chi connectivity index (χ4n) is 1.38. The number of rotatable bonds is 3. The van der Waals surface area contributed by atoms with Gasteiger partial charge in [-0.2, -0.15) is 0 Å². The Hall–Kier alpha value is -2.16. The Balaban J connectivity index is 2.03. The lowest BCUT2D eigenvalue weighted by molar-refractivity contribution is 0.306. The van der Waals surface area contributed by atoms with Crippen molar-refractivity contribution in [2.45, 2.75) is 6.61 Å². The molecule has 0 radical (unpaired) electrons. The molecule has 0 spiro atoms. The van der Waals surface area contributed by atoms with E-state index in [0.717, 1.165) is 11.3 Å². The molecule has 0 unspecified atom stereocenters. The Morgan fingerprint density at radius 2 is 1.62 bits per heavy atom. The van der Waals surface area contributed by atoms with Gasteiger partial charge in [0.25, 0.3) is 0 Å². The SMILES string of the molecule is Nc1ccc(OCc2ccccc2)cc1N. The van der Waals surface area contributed by atoms with Crippen LogP contribution >= 0.6 is 0 Å². The Morgan fingerprint density at radius 1 is 0.875 bits per heavy atom. The predicted molar refractivity (Wildman–Crippen MR) is 66.0 cm³/mol. The fourth-order valence-corrected chi connectivity index (χ4v) is 1.38. The number of nitrogens with two attached hydrogens (primary N) is 2. The van der Waals surface area contributed by atoms with Crippen molar-refractivity contribution in [3.63, 3.8) is 0 Å². The van der Waals surface area contributed by atoms with E-state index in [0.29, 0.717) is 18.0 Å². The van der Waals surface area contributed by atoms with Gasteiger partial charge in [-0.15, -0.1) is 0 Å². The predicted octanol–water partition coefficient (Wildman–Crippen LogP) is 2.43. The van der Waals surface area contributed by atoms with E-state index in [-0.39, 0.29) is 0 Å². The molecule has 0 heterocycles. The first-order valence-corrected chi connectivity index (χ1v) is 5.07. The standard InChI is InChI=1S/C13H14N2O/c14-12-7-6-11(8-13(12)15)16-9-10-4-2-1-3-5-10/h1-8H,9,14-15H2. The average molecular weight is 214 g/mol. The summed E-state index contributed by atoms with van der Waals surface area (Å²) in [5.74, 6) is 0.732. The van der Waals surface area contributed by atoms with Gasteiger partial charge in [0.05, 0.1) is 11.4 Å². The summed E-state index contributed by atoms with van der Waals surface area (Å²) in [6, 6.07) is 15.3. The van der Waals surface area contributed by atoms with Crippen molar-refractivity contribution in [3.8, 4) is 5.75 Å². The number of anilines is 2. The largest absolute Gasteiger partial charge is 0.489 e. The number of hydrogen-bond donors (Lipinski definition) is 2. The molecule has 82 valence electrons. The zero-order chi connectivity index (χ0) is 11.4. The highest BCUT2D eigenvalue weighted by Crippen LogP contribution is 2.22. The lowest BCUT2D eigenvalue weighted by atomic mass is 10.2. The van der Waals surface area contributed by atoms with Crippen molar-refractivity contribution in [2.75, 3.05) is 11.5 Å². The quantitative estimate of drug-likeness (QED) is 0.771. The van der Waals surface area contributed by atoms with Gasteiger partial charge in [0, 0.05) is 6.07 Å². The number of hydrogen-bond acceptors (Lipinski definition) is 3. The van der Waals surface area contributed by atoms with Crippen molar-refractivity contribution in [1.29, 1.82) is 0 Å². The van der Waals surface area contributed by atoms with Crippen LogP contribution in [0.5, 0.6) is 5.75 Å². The van der Waals surface area contributed by atoms with Crippen molar-refractivity contribution >= 4 is 11.4 Å². The maximum absolute atomic E-state index is 5.68. The van der Waals surface area contributed by atoms with Crippen molar-refractivity contribution in [1.82, 2.24) is 0 Å². The van der Waals surface area contributed by atoms with E-state index in [1.165, 1.54) is 0 Å². The summed E-state index contributed by atoms with van der Waals surface area (Å²) in [4.78, 5) is 0. The van der Waals surface area contributed by atoms with Gasteiger partial charge in [0.15, 0.2) is 0 Å². The minimum absolute atomic E-state index is 0.532. The minimum Gasteiger partial charge on any atom is -0.489 e. The van der Waals surface area contributed by atoms with Crippen LogP contribution in [0.4, 0.5) is 11.4 Å². The first-order chi connectivity index (χ1) is 7.75. The molecule has 0 aliphatic carbocycles. The van der Waals surface area contributed by atoms with Crippen LogP contribution in [-0.4, -0.2) is 0 Å². The molecule has 0 atom stereocenters. The molecule has 3 heteroatoms. The molecule has 0 bridgehead atoms. The molecule has 2 aromatic rings. The lowest BCUT2D eigenvalue weighted by Crippen LogP contribution is -1.98. The van der Waals surface area contributed by atoms with Crippen molar-refractivity contribution in [2.24, 2.45) is 0 Å². The molecular weight excluding hydrogens is 200 g/mol. The van der Waals surface area contributed by atoms with E-state index in [9.17, 15) is 0 Å². The Bertz CT molecular complexity index is 469. The van der Waals surface area contributed by atoms with Crippen LogP contribution in [0, 0.1) is 0 Å². The van der Waals surface area contributed by atoms with Crippen LogP contribution in [0.3, 0.4) is 0 Å². The summed E-state index contributed by atoms with van der Waals surface area (Å²) in [5, 5.41) is 0. The van der Waals surface area contributed by atoms with Crippen LogP contribution in [0.15, 0.2) is 48.5 Å². The molecular formula is C13H14N2O. The van der Waals surface area contributed by atoms with Gasteiger partial charge in [0.2, 0.25) is 0 Å². The summed E-state index contributed by atoms with van der Waals surface area (Å²) in [7, 11) is 0. The van der Waals surface area contributed by atoms with Crippen molar-refractivity contribution in [3.05, 3.63) is 54.1 Å². The Labute approximate surface area is 94.6 Å². The highest BCUT2D eigenvalue weighted by Gasteiger charge is 1.98. The summed E-state index contributed by atoms with van der Waals surface area (Å²) in [6.07, 6.45) is 0. The highest BCUT2D eigenvalue weighted by atomic mass is 16.5. The van der Waals surface area contributed by atoms with Gasteiger partial charge >= 0.3 is 0 Å². The Morgan fingerprint density at radius 3 is 2.31 bits per heavy atom. The molecule has 0 aliphatic heterocycles. The molecule has 2 rings (SSSR count). The van der Waals surface area contributed by atoms with Crippen LogP contribution in [-0.2, 0) is 6.61 Å². The van der Waals surface area contributed by atoms with Gasteiger partial charge in [-0.3, -0.25) is 0 Å². The second-order valence-corrected chi connectivity index (χ2v) is 3.56. The maximum atomic E-state index is 5.68. The molecule has 0 amide bonds. The van der Waals surface area contributed by atoms with E-state index in [1.54, 1.807) is 12.1 Å². The molecule has 4 N–H and O–H groups in total. The van der Waals surface area contributed by atoms with E-state index in [4.69, 9.17) is 16.2 Å². The summed E-state index contributed by atoms with van der Waals surface area (Å²) >= 11 is 0. The number of nitrogen functional groups attached to an aromatic ring is 2. The molecule has 0 aromatic heterocycles. The second kappa shape index (κ2) is 4.57. The molecule has 0 fully saturated rings.